The van der Waals surface area contributed by atoms with Crippen molar-refractivity contribution in [3.63, 3.8) is 0 Å². The predicted molar refractivity (Wildman–Crippen MR) is 148 cm³/mol. The van der Waals surface area contributed by atoms with Crippen LogP contribution in [-0.2, 0) is 11.2 Å². The quantitative estimate of drug-likeness (QED) is 0.305. The van der Waals surface area contributed by atoms with Crippen LogP contribution in [0.15, 0.2) is 53.3 Å². The number of imidazole rings is 1. The summed E-state index contributed by atoms with van der Waals surface area (Å²) in [5, 5.41) is 12.2. The predicted octanol–water partition coefficient (Wildman–Crippen LogP) is 4.66. The molecule has 8 nitrogen and oxygen atoms in total. The highest BCUT2D eigenvalue weighted by Gasteiger charge is 2.25. The monoisotopic (exact) mass is 516 g/mol. The molecule has 1 aliphatic rings. The van der Waals surface area contributed by atoms with Crippen molar-refractivity contribution >= 4 is 34.2 Å². The SMILES string of the molecule is Cc1[nH]c2ccccc2c1-n1c(C#N)c(-c2c(CCCN3CCOCC3)[nH]c3ccccc23)[nH]c1=O.Cl. The van der Waals surface area contributed by atoms with Crippen molar-refractivity contribution in [3.05, 3.63) is 76.1 Å². The maximum absolute atomic E-state index is 13.4. The first-order valence-corrected chi connectivity index (χ1v) is 12.4. The summed E-state index contributed by atoms with van der Waals surface area (Å²) < 4.78 is 6.99. The van der Waals surface area contributed by atoms with Gasteiger partial charge in [-0.2, -0.15) is 5.26 Å². The second kappa shape index (κ2) is 10.3. The number of ether oxygens (including phenoxy) is 1. The van der Waals surface area contributed by atoms with Crippen LogP contribution in [0.3, 0.4) is 0 Å². The standard InChI is InChI=1S/C28H28N6O2.ClH/c1-18-27(20-8-3-5-10-22(20)30-18)34-24(17-29)26(32-28(34)35)25-19-7-2-4-9-21(19)31-23(25)11-6-12-33-13-15-36-16-14-33;/h2-5,7-10,30-31H,6,11-16H2,1H3,(H,32,35);1H. The molecule has 0 radical (unpaired) electrons. The topological polar surface area (TPSA) is 106 Å². The number of nitrogens with one attached hydrogen (secondary N) is 3. The number of para-hydroxylation sites is 2. The summed E-state index contributed by atoms with van der Waals surface area (Å²) in [4.78, 5) is 25.8. The Balaban J connectivity index is 0.00000280. The average molecular weight is 517 g/mol. The minimum atomic E-state index is -0.320. The number of morpholine rings is 1. The maximum atomic E-state index is 13.4. The molecule has 5 aromatic rings. The van der Waals surface area contributed by atoms with Crippen LogP contribution >= 0.6 is 12.4 Å². The van der Waals surface area contributed by atoms with Crippen LogP contribution in [0.4, 0.5) is 0 Å². The third-order valence-corrected chi connectivity index (χ3v) is 7.12. The number of H-pyrrole nitrogens is 3. The lowest BCUT2D eigenvalue weighted by Crippen LogP contribution is -2.36. The van der Waals surface area contributed by atoms with E-state index >= 15 is 0 Å². The van der Waals surface area contributed by atoms with E-state index in [1.54, 1.807) is 0 Å². The number of benzene rings is 2. The van der Waals surface area contributed by atoms with Gasteiger partial charge in [-0.1, -0.05) is 36.4 Å². The number of fused-ring (bicyclic) bond motifs is 2. The first kappa shape index (κ1) is 24.9. The lowest BCUT2D eigenvalue weighted by atomic mass is 10.0. The molecule has 6 rings (SSSR count). The molecule has 0 aliphatic carbocycles. The van der Waals surface area contributed by atoms with E-state index < -0.39 is 0 Å². The van der Waals surface area contributed by atoms with Gasteiger partial charge in [0.1, 0.15) is 6.07 Å². The summed E-state index contributed by atoms with van der Waals surface area (Å²) in [6, 6.07) is 18.2. The summed E-state index contributed by atoms with van der Waals surface area (Å²) in [6.45, 7) is 6.39. The van der Waals surface area contributed by atoms with Gasteiger partial charge in [-0.3, -0.25) is 4.90 Å². The highest BCUT2D eigenvalue weighted by Crippen LogP contribution is 2.35. The Labute approximate surface area is 220 Å². The van der Waals surface area contributed by atoms with Crippen molar-refractivity contribution in [3.8, 4) is 23.0 Å². The molecule has 0 saturated carbocycles. The summed E-state index contributed by atoms with van der Waals surface area (Å²) in [5.74, 6) is 0. The van der Waals surface area contributed by atoms with Crippen molar-refractivity contribution < 1.29 is 4.74 Å². The molecule has 2 aromatic carbocycles. The lowest BCUT2D eigenvalue weighted by molar-refractivity contribution is 0.0374. The Morgan fingerprint density at radius 2 is 1.65 bits per heavy atom. The second-order valence-electron chi connectivity index (χ2n) is 9.33. The van der Waals surface area contributed by atoms with E-state index in [2.05, 4.69) is 25.9 Å². The molecule has 37 heavy (non-hydrogen) atoms. The van der Waals surface area contributed by atoms with Crippen LogP contribution in [0.1, 0.15) is 23.5 Å². The van der Waals surface area contributed by atoms with Gasteiger partial charge in [-0.25, -0.2) is 9.36 Å². The van der Waals surface area contributed by atoms with E-state index in [9.17, 15) is 10.1 Å². The Morgan fingerprint density at radius 1 is 0.973 bits per heavy atom. The van der Waals surface area contributed by atoms with E-state index in [0.717, 1.165) is 84.4 Å². The first-order valence-electron chi connectivity index (χ1n) is 12.4. The Morgan fingerprint density at radius 3 is 2.38 bits per heavy atom. The van der Waals surface area contributed by atoms with Gasteiger partial charge in [-0.05, 0) is 38.4 Å². The van der Waals surface area contributed by atoms with Crippen LogP contribution < -0.4 is 5.69 Å². The summed E-state index contributed by atoms with van der Waals surface area (Å²) in [5.41, 5.74) is 5.96. The van der Waals surface area contributed by atoms with Gasteiger partial charge in [0, 0.05) is 51.8 Å². The Kier molecular flexibility index (Phi) is 6.94. The molecule has 3 aromatic heterocycles. The molecule has 0 spiro atoms. The molecular weight excluding hydrogens is 488 g/mol. The number of aryl methyl sites for hydroxylation is 2. The van der Waals surface area contributed by atoms with Crippen LogP contribution in [0.5, 0.6) is 0 Å². The smallest absolute Gasteiger partial charge is 0.331 e. The molecule has 9 heteroatoms. The number of halogens is 1. The number of hydrogen-bond donors (Lipinski definition) is 3. The largest absolute Gasteiger partial charge is 0.379 e. The zero-order valence-corrected chi connectivity index (χ0v) is 21.5. The van der Waals surface area contributed by atoms with Crippen LogP contribution in [0.2, 0.25) is 0 Å². The van der Waals surface area contributed by atoms with E-state index in [0.29, 0.717) is 17.1 Å². The molecule has 190 valence electrons. The van der Waals surface area contributed by atoms with Crippen LogP contribution in [0, 0.1) is 18.3 Å². The first-order chi connectivity index (χ1) is 17.7. The number of aromatic nitrogens is 4. The van der Waals surface area contributed by atoms with E-state index in [-0.39, 0.29) is 18.1 Å². The molecule has 0 amide bonds. The van der Waals surface area contributed by atoms with Gasteiger partial charge >= 0.3 is 5.69 Å². The molecule has 0 unspecified atom stereocenters. The Bertz CT molecular complexity index is 1660. The molecule has 0 bridgehead atoms. The van der Waals surface area contributed by atoms with Gasteiger partial charge in [0.25, 0.3) is 0 Å². The molecule has 3 N–H and O–H groups in total. The fraction of sp³-hybridized carbons (Fsp3) is 0.286. The molecule has 4 heterocycles. The highest BCUT2D eigenvalue weighted by atomic mass is 35.5. The zero-order chi connectivity index (χ0) is 24.6. The van der Waals surface area contributed by atoms with Gasteiger partial charge < -0.3 is 19.7 Å². The minimum absolute atomic E-state index is 0. The number of hydrogen-bond acceptors (Lipinski definition) is 4. The minimum Gasteiger partial charge on any atom is -0.379 e. The molecule has 1 saturated heterocycles. The van der Waals surface area contributed by atoms with Gasteiger partial charge in [0.05, 0.1) is 24.6 Å². The molecule has 1 fully saturated rings. The fourth-order valence-electron chi connectivity index (χ4n) is 5.46. The zero-order valence-electron chi connectivity index (χ0n) is 20.6. The van der Waals surface area contributed by atoms with E-state index in [4.69, 9.17) is 4.74 Å². The maximum Gasteiger partial charge on any atom is 0.331 e. The van der Waals surface area contributed by atoms with Gasteiger partial charge in [0.15, 0.2) is 5.69 Å². The Hall–Kier alpha value is -3.77. The summed E-state index contributed by atoms with van der Waals surface area (Å²) in [6.07, 6.45) is 1.78. The highest BCUT2D eigenvalue weighted by molar-refractivity contribution is 5.98. The van der Waals surface area contributed by atoms with Gasteiger partial charge in [0.2, 0.25) is 0 Å². The average Bonchev–Trinajstić information content (AvgIpc) is 3.53. The third kappa shape index (κ3) is 4.36. The van der Waals surface area contributed by atoms with E-state index in [1.165, 1.54) is 4.57 Å². The summed E-state index contributed by atoms with van der Waals surface area (Å²) in [7, 11) is 0. The molecule has 0 atom stereocenters. The second-order valence-corrected chi connectivity index (χ2v) is 9.33. The van der Waals surface area contributed by atoms with Crippen molar-refractivity contribution in [1.29, 1.82) is 5.26 Å². The summed E-state index contributed by atoms with van der Waals surface area (Å²) >= 11 is 0. The van der Waals surface area contributed by atoms with Crippen molar-refractivity contribution in [2.75, 3.05) is 32.8 Å². The normalized spacial score (nSPS) is 14.2. The van der Waals surface area contributed by atoms with Gasteiger partial charge in [-0.15, -0.1) is 12.4 Å². The third-order valence-electron chi connectivity index (χ3n) is 7.12. The number of nitriles is 1. The van der Waals surface area contributed by atoms with Crippen molar-refractivity contribution in [2.24, 2.45) is 0 Å². The molecule has 1 aliphatic heterocycles. The fourth-order valence-corrected chi connectivity index (χ4v) is 5.46. The molecular formula is C28H29ClN6O2. The van der Waals surface area contributed by atoms with Crippen LogP contribution in [0.25, 0.3) is 38.8 Å². The van der Waals surface area contributed by atoms with Crippen LogP contribution in [-0.4, -0.2) is 57.3 Å². The van der Waals surface area contributed by atoms with Crippen molar-refractivity contribution in [2.45, 2.75) is 19.8 Å². The van der Waals surface area contributed by atoms with E-state index in [1.807, 2.05) is 55.5 Å². The number of nitrogens with zero attached hydrogens (tertiary/aromatic N) is 3. The number of rotatable bonds is 6. The lowest BCUT2D eigenvalue weighted by Gasteiger charge is -2.26. The van der Waals surface area contributed by atoms with Crippen molar-refractivity contribution in [1.82, 2.24) is 24.4 Å². The number of aromatic amines is 3.